The Morgan fingerprint density at radius 1 is 1.35 bits per heavy atom. The standard InChI is InChI=1S/C28H31F4N5O5S/c1-4-41-25(38)20-18(34-23(24-33-9-11-43-24)35-21(20)16-6-5-7-17(29)15(16)2)12-36-14-28(31,32)22-19(36)13-42-37(22)10-8-27(3,30)26(39)40/h5-7,9,11,19,21-22H,4,8,10,12-14H2,1-3H3,(H,34,35)(H,39,40)/t19-,21-,22+,27?/m0/s1. The average Bonchev–Trinajstić information content (AvgIpc) is 3.68. The molecule has 10 nitrogen and oxygen atoms in total. The summed E-state index contributed by atoms with van der Waals surface area (Å²) in [5.74, 6) is -5.94. The molecule has 4 atom stereocenters. The fraction of sp³-hybridized carbons (Fsp3) is 0.500. The lowest BCUT2D eigenvalue weighted by molar-refractivity contribution is -0.187. The van der Waals surface area contributed by atoms with Gasteiger partial charge in [0.05, 0.1) is 31.4 Å². The van der Waals surface area contributed by atoms with Crippen molar-refractivity contribution >= 4 is 29.1 Å². The van der Waals surface area contributed by atoms with Gasteiger partial charge in [0.2, 0.25) is 5.67 Å². The minimum Gasteiger partial charge on any atom is -0.479 e. The Morgan fingerprint density at radius 2 is 2.12 bits per heavy atom. The summed E-state index contributed by atoms with van der Waals surface area (Å²) in [5, 5.41) is 15.4. The Labute approximate surface area is 249 Å². The number of carboxylic acid groups (broad SMARTS) is 1. The highest BCUT2D eigenvalue weighted by atomic mass is 32.1. The van der Waals surface area contributed by atoms with Gasteiger partial charge in [0.25, 0.3) is 5.92 Å². The molecule has 3 aliphatic heterocycles. The van der Waals surface area contributed by atoms with E-state index in [0.717, 1.165) is 12.0 Å². The second kappa shape index (κ2) is 11.9. The average molecular weight is 626 g/mol. The van der Waals surface area contributed by atoms with E-state index in [1.165, 1.54) is 28.4 Å². The van der Waals surface area contributed by atoms with Gasteiger partial charge in [0, 0.05) is 36.8 Å². The summed E-state index contributed by atoms with van der Waals surface area (Å²) >= 11 is 1.27. The number of ether oxygens (including phenoxy) is 1. The third-order valence-corrected chi connectivity index (χ3v) is 8.65. The summed E-state index contributed by atoms with van der Waals surface area (Å²) in [5.41, 5.74) is -1.65. The minimum atomic E-state index is -3.30. The Kier molecular flexibility index (Phi) is 8.62. The largest absolute Gasteiger partial charge is 0.479 e. The molecule has 0 spiro atoms. The Balaban J connectivity index is 1.51. The first-order valence-corrected chi connectivity index (χ1v) is 14.6. The number of rotatable bonds is 10. The number of hydrogen-bond acceptors (Lipinski definition) is 10. The first-order valence-electron chi connectivity index (χ1n) is 13.7. The molecule has 0 bridgehead atoms. The van der Waals surface area contributed by atoms with Crippen LogP contribution in [0.3, 0.4) is 0 Å². The summed E-state index contributed by atoms with van der Waals surface area (Å²) < 4.78 is 65.4. The van der Waals surface area contributed by atoms with Gasteiger partial charge in [-0.2, -0.15) is 5.06 Å². The van der Waals surface area contributed by atoms with E-state index in [-0.39, 0.29) is 49.0 Å². The SMILES string of the molecule is CCOC(=O)C1=C(CN2CC(F)(F)[C@H]3[C@@H]2CON3CCC(C)(F)C(=O)O)NC(c2nccs2)=N[C@H]1c1cccc(F)c1C. The summed E-state index contributed by atoms with van der Waals surface area (Å²) in [6.45, 7) is 2.71. The van der Waals surface area contributed by atoms with Crippen LogP contribution in [-0.4, -0.2) is 94.4 Å². The number of carbonyl (C=O) groups is 2. The van der Waals surface area contributed by atoms with Crippen LogP contribution >= 0.6 is 11.3 Å². The predicted octanol–water partition coefficient (Wildman–Crippen LogP) is 3.64. The van der Waals surface area contributed by atoms with E-state index < -0.39 is 60.4 Å². The number of thiazole rings is 1. The predicted molar refractivity (Wildman–Crippen MR) is 148 cm³/mol. The van der Waals surface area contributed by atoms with Gasteiger partial charge in [-0.25, -0.2) is 32.1 Å². The number of likely N-dealkylation sites (tertiary alicyclic amines) is 1. The lowest BCUT2D eigenvalue weighted by Crippen LogP contribution is -2.47. The minimum absolute atomic E-state index is 0.0344. The molecule has 0 aliphatic carbocycles. The maximum atomic E-state index is 15.5. The van der Waals surface area contributed by atoms with E-state index in [1.54, 1.807) is 31.5 Å². The molecule has 1 unspecified atom stereocenters. The van der Waals surface area contributed by atoms with Crippen LogP contribution in [0, 0.1) is 12.7 Å². The van der Waals surface area contributed by atoms with Gasteiger partial charge < -0.3 is 15.2 Å². The number of nitrogens with zero attached hydrogens (tertiary/aromatic N) is 4. The number of hydroxylamine groups is 2. The summed E-state index contributed by atoms with van der Waals surface area (Å²) in [6, 6.07) is 1.09. The topological polar surface area (TPSA) is 117 Å². The first kappa shape index (κ1) is 31.0. The summed E-state index contributed by atoms with van der Waals surface area (Å²) in [7, 11) is 0. The molecule has 4 heterocycles. The van der Waals surface area contributed by atoms with Crippen molar-refractivity contribution in [2.45, 2.75) is 56.9 Å². The van der Waals surface area contributed by atoms with Crippen molar-refractivity contribution in [2.75, 3.05) is 32.8 Å². The quantitative estimate of drug-likeness (QED) is 0.302. The number of aliphatic imine (C=N–C) groups is 1. The van der Waals surface area contributed by atoms with Crippen LogP contribution in [0.1, 0.15) is 42.4 Å². The normalized spacial score (nSPS) is 25.2. The number of aliphatic carboxylic acids is 1. The van der Waals surface area contributed by atoms with Crippen LogP contribution in [0.5, 0.6) is 0 Å². The molecule has 2 fully saturated rings. The third kappa shape index (κ3) is 6.03. The number of benzene rings is 1. The first-order chi connectivity index (χ1) is 20.3. The second-order valence-electron chi connectivity index (χ2n) is 10.8. The lowest BCUT2D eigenvalue weighted by Gasteiger charge is -2.31. The summed E-state index contributed by atoms with van der Waals surface area (Å²) in [4.78, 5) is 40.6. The number of hydrogen-bond donors (Lipinski definition) is 2. The van der Waals surface area contributed by atoms with E-state index in [2.05, 4.69) is 10.3 Å². The van der Waals surface area contributed by atoms with Crippen LogP contribution in [0.25, 0.3) is 0 Å². The molecule has 232 valence electrons. The van der Waals surface area contributed by atoms with Crippen LogP contribution in [0.2, 0.25) is 0 Å². The number of halogens is 4. The molecule has 2 aromatic rings. The van der Waals surface area contributed by atoms with Crippen molar-refractivity contribution in [3.05, 3.63) is 63.0 Å². The number of carboxylic acids is 1. The molecule has 0 saturated carbocycles. The molecule has 1 aromatic heterocycles. The zero-order valence-electron chi connectivity index (χ0n) is 23.7. The van der Waals surface area contributed by atoms with E-state index in [0.29, 0.717) is 10.6 Å². The van der Waals surface area contributed by atoms with Gasteiger partial charge >= 0.3 is 11.9 Å². The Hall–Kier alpha value is -3.40. The number of fused-ring (bicyclic) bond motifs is 1. The van der Waals surface area contributed by atoms with Crippen LogP contribution in [-0.2, 0) is 19.2 Å². The number of carbonyl (C=O) groups excluding carboxylic acids is 1. The van der Waals surface area contributed by atoms with E-state index in [4.69, 9.17) is 19.7 Å². The molecule has 1 aromatic carbocycles. The molecule has 5 rings (SSSR count). The van der Waals surface area contributed by atoms with Gasteiger partial charge in [0.15, 0.2) is 10.8 Å². The van der Waals surface area contributed by atoms with E-state index in [1.807, 2.05) is 0 Å². The second-order valence-corrected chi connectivity index (χ2v) is 11.7. The smallest absolute Gasteiger partial charge is 0.341 e. The van der Waals surface area contributed by atoms with Gasteiger partial charge in [-0.05, 0) is 38.0 Å². The van der Waals surface area contributed by atoms with Crippen LogP contribution in [0.4, 0.5) is 17.6 Å². The van der Waals surface area contributed by atoms with Crippen molar-refractivity contribution in [3.63, 3.8) is 0 Å². The Morgan fingerprint density at radius 3 is 2.79 bits per heavy atom. The Bertz CT molecular complexity index is 1450. The molecular weight excluding hydrogens is 594 g/mol. The molecule has 2 N–H and O–H groups in total. The van der Waals surface area contributed by atoms with Crippen molar-refractivity contribution in [2.24, 2.45) is 4.99 Å². The molecule has 43 heavy (non-hydrogen) atoms. The highest BCUT2D eigenvalue weighted by Crippen LogP contribution is 2.42. The number of aromatic nitrogens is 1. The van der Waals surface area contributed by atoms with Crippen molar-refractivity contribution in [1.29, 1.82) is 0 Å². The van der Waals surface area contributed by atoms with Gasteiger partial charge in [-0.1, -0.05) is 12.1 Å². The van der Waals surface area contributed by atoms with E-state index in [9.17, 15) is 18.4 Å². The number of alkyl halides is 3. The fourth-order valence-corrected chi connectivity index (χ4v) is 6.17. The maximum absolute atomic E-state index is 15.5. The van der Waals surface area contributed by atoms with Gasteiger partial charge in [-0.3, -0.25) is 14.7 Å². The third-order valence-electron chi connectivity index (χ3n) is 7.87. The van der Waals surface area contributed by atoms with Crippen LogP contribution < -0.4 is 5.32 Å². The zero-order chi connectivity index (χ0) is 31.1. The van der Waals surface area contributed by atoms with Gasteiger partial charge in [0.1, 0.15) is 17.9 Å². The van der Waals surface area contributed by atoms with Gasteiger partial charge in [-0.15, -0.1) is 11.3 Å². The van der Waals surface area contributed by atoms with Crippen LogP contribution in [0.15, 0.2) is 46.0 Å². The maximum Gasteiger partial charge on any atom is 0.341 e. The highest BCUT2D eigenvalue weighted by molar-refractivity contribution is 7.11. The van der Waals surface area contributed by atoms with Crippen molar-refractivity contribution in [1.82, 2.24) is 20.3 Å². The molecule has 0 radical (unpaired) electrons. The van der Waals surface area contributed by atoms with E-state index >= 15 is 8.78 Å². The molecule has 0 amide bonds. The highest BCUT2D eigenvalue weighted by Gasteiger charge is 2.61. The lowest BCUT2D eigenvalue weighted by atomic mass is 9.92. The molecule has 2 saturated heterocycles. The molecule has 3 aliphatic rings. The molecular formula is C28H31F4N5O5S. The monoisotopic (exact) mass is 625 g/mol. The fourth-order valence-electron chi connectivity index (χ4n) is 5.59. The number of amidine groups is 1. The number of esters is 1. The van der Waals surface area contributed by atoms with Crippen molar-refractivity contribution in [3.8, 4) is 0 Å². The van der Waals surface area contributed by atoms with Crippen molar-refractivity contribution < 1.29 is 41.8 Å². The summed E-state index contributed by atoms with van der Waals surface area (Å²) in [6.07, 6.45) is 1.02. The zero-order valence-corrected chi connectivity index (χ0v) is 24.5. The molecule has 15 heteroatoms. The number of nitrogens with one attached hydrogen (secondary N) is 1.